The first-order valence-corrected chi connectivity index (χ1v) is 11.0. The van der Waals surface area contributed by atoms with Gasteiger partial charge >= 0.3 is 6.03 Å². The van der Waals surface area contributed by atoms with Crippen molar-refractivity contribution in [1.29, 1.82) is 0 Å². The molecule has 1 aromatic rings. The van der Waals surface area contributed by atoms with Crippen LogP contribution in [0, 0.1) is 11.8 Å². The monoisotopic (exact) mass is 397 g/mol. The molecule has 2 aliphatic heterocycles. The molecule has 4 amide bonds. The van der Waals surface area contributed by atoms with Crippen LogP contribution in [0.4, 0.5) is 4.79 Å². The average molecular weight is 398 g/mol. The van der Waals surface area contributed by atoms with Crippen LogP contribution in [-0.4, -0.2) is 52.8 Å². The lowest BCUT2D eigenvalue weighted by atomic mass is 9.73. The van der Waals surface area contributed by atoms with Crippen molar-refractivity contribution in [3.8, 4) is 0 Å². The second-order valence-corrected chi connectivity index (χ2v) is 8.95. The number of carbonyl (C=O) groups excluding carboxylic acids is 3. The number of likely N-dealkylation sites (tertiary alicyclic amines) is 1. The standard InChI is InChI=1S/C23H31N3O3/c1-17-7-5-6-12-23(17)21(28)26(22(29)24-23)16-20(27)25-13-10-19(11-14-25)15-18-8-3-2-4-9-18/h2-4,8-9,17,19H,5-7,10-16H2,1H3,(H,24,29)/t17-,23+/m1/s1. The molecule has 2 saturated heterocycles. The summed E-state index contributed by atoms with van der Waals surface area (Å²) in [5, 5.41) is 2.93. The van der Waals surface area contributed by atoms with E-state index < -0.39 is 11.6 Å². The van der Waals surface area contributed by atoms with E-state index in [-0.39, 0.29) is 24.3 Å². The van der Waals surface area contributed by atoms with Crippen molar-refractivity contribution in [2.24, 2.45) is 11.8 Å². The van der Waals surface area contributed by atoms with Gasteiger partial charge in [0.15, 0.2) is 0 Å². The lowest BCUT2D eigenvalue weighted by Crippen LogP contribution is -2.54. The molecule has 2 atom stereocenters. The lowest BCUT2D eigenvalue weighted by Gasteiger charge is -2.37. The summed E-state index contributed by atoms with van der Waals surface area (Å²) < 4.78 is 0. The number of rotatable bonds is 4. The van der Waals surface area contributed by atoms with Crippen LogP contribution in [0.25, 0.3) is 0 Å². The Morgan fingerprint density at radius 1 is 1.10 bits per heavy atom. The molecule has 0 aromatic heterocycles. The zero-order valence-electron chi connectivity index (χ0n) is 17.2. The topological polar surface area (TPSA) is 69.7 Å². The molecule has 29 heavy (non-hydrogen) atoms. The first-order chi connectivity index (χ1) is 14.0. The smallest absolute Gasteiger partial charge is 0.325 e. The minimum atomic E-state index is -0.793. The van der Waals surface area contributed by atoms with E-state index in [1.54, 1.807) is 0 Å². The van der Waals surface area contributed by atoms with Gasteiger partial charge in [-0.2, -0.15) is 0 Å². The van der Waals surface area contributed by atoms with E-state index in [4.69, 9.17) is 0 Å². The van der Waals surface area contributed by atoms with Gasteiger partial charge in [0.2, 0.25) is 5.91 Å². The molecule has 3 aliphatic rings. The molecule has 1 aliphatic carbocycles. The Balaban J connectivity index is 1.32. The van der Waals surface area contributed by atoms with Crippen LogP contribution in [0.5, 0.6) is 0 Å². The lowest BCUT2D eigenvalue weighted by molar-refractivity contribution is -0.141. The van der Waals surface area contributed by atoms with E-state index in [0.29, 0.717) is 25.4 Å². The summed E-state index contributed by atoms with van der Waals surface area (Å²) in [5.41, 5.74) is 0.543. The van der Waals surface area contributed by atoms with Crippen molar-refractivity contribution in [3.05, 3.63) is 35.9 Å². The fourth-order valence-corrected chi connectivity index (χ4v) is 5.21. The van der Waals surface area contributed by atoms with Crippen molar-refractivity contribution in [1.82, 2.24) is 15.1 Å². The molecule has 1 N–H and O–H groups in total. The van der Waals surface area contributed by atoms with Gasteiger partial charge in [-0.1, -0.05) is 50.1 Å². The Kier molecular flexibility index (Phi) is 5.61. The molecule has 0 radical (unpaired) electrons. The van der Waals surface area contributed by atoms with E-state index in [9.17, 15) is 14.4 Å². The molecular formula is C23H31N3O3. The third-order valence-electron chi connectivity index (χ3n) is 7.13. The molecule has 2 heterocycles. The van der Waals surface area contributed by atoms with E-state index in [2.05, 4.69) is 29.6 Å². The minimum Gasteiger partial charge on any atom is -0.341 e. The zero-order valence-corrected chi connectivity index (χ0v) is 17.2. The van der Waals surface area contributed by atoms with E-state index in [1.165, 1.54) is 5.56 Å². The maximum Gasteiger partial charge on any atom is 0.325 e. The largest absolute Gasteiger partial charge is 0.341 e. The molecule has 3 fully saturated rings. The molecule has 0 bridgehead atoms. The zero-order chi connectivity index (χ0) is 20.4. The number of urea groups is 1. The number of imide groups is 1. The van der Waals surface area contributed by atoms with Crippen LogP contribution in [0.1, 0.15) is 51.0 Å². The summed E-state index contributed by atoms with van der Waals surface area (Å²) in [7, 11) is 0. The highest BCUT2D eigenvalue weighted by molar-refractivity contribution is 6.09. The first kappa shape index (κ1) is 19.9. The SMILES string of the molecule is C[C@@H]1CCCC[C@]12NC(=O)N(CC(=O)N1CCC(Cc3ccccc3)CC1)C2=O. The van der Waals surface area contributed by atoms with Crippen molar-refractivity contribution in [2.75, 3.05) is 19.6 Å². The highest BCUT2D eigenvalue weighted by atomic mass is 16.2. The van der Waals surface area contributed by atoms with Gasteiger partial charge in [-0.05, 0) is 49.5 Å². The normalized spacial score (nSPS) is 28.1. The highest BCUT2D eigenvalue weighted by Gasteiger charge is 2.55. The van der Waals surface area contributed by atoms with E-state index >= 15 is 0 Å². The maximum atomic E-state index is 13.0. The first-order valence-electron chi connectivity index (χ1n) is 11.0. The van der Waals surface area contributed by atoms with Gasteiger partial charge in [0.05, 0.1) is 0 Å². The van der Waals surface area contributed by atoms with Crippen LogP contribution >= 0.6 is 0 Å². The van der Waals surface area contributed by atoms with E-state index in [0.717, 1.165) is 43.4 Å². The number of hydrogen-bond donors (Lipinski definition) is 1. The number of piperidine rings is 1. The highest BCUT2D eigenvalue weighted by Crippen LogP contribution is 2.38. The second-order valence-electron chi connectivity index (χ2n) is 8.95. The van der Waals surface area contributed by atoms with Gasteiger partial charge in [0.25, 0.3) is 5.91 Å². The summed E-state index contributed by atoms with van der Waals surface area (Å²) in [6, 6.07) is 10.0. The maximum absolute atomic E-state index is 13.0. The summed E-state index contributed by atoms with van der Waals surface area (Å²) >= 11 is 0. The number of benzene rings is 1. The van der Waals surface area contributed by atoms with Gasteiger partial charge in [-0.15, -0.1) is 0 Å². The van der Waals surface area contributed by atoms with Crippen molar-refractivity contribution in [3.63, 3.8) is 0 Å². The van der Waals surface area contributed by atoms with Crippen LogP contribution in [-0.2, 0) is 16.0 Å². The molecule has 0 unspecified atom stereocenters. The Morgan fingerprint density at radius 2 is 1.83 bits per heavy atom. The minimum absolute atomic E-state index is 0.113. The van der Waals surface area contributed by atoms with Crippen LogP contribution in [0.15, 0.2) is 30.3 Å². The fourth-order valence-electron chi connectivity index (χ4n) is 5.21. The van der Waals surface area contributed by atoms with E-state index in [1.807, 2.05) is 17.9 Å². The molecule has 4 rings (SSSR count). The predicted molar refractivity (Wildman–Crippen MR) is 110 cm³/mol. The van der Waals surface area contributed by atoms with Gasteiger partial charge in [-0.25, -0.2) is 4.79 Å². The molecule has 6 heteroatoms. The molecular weight excluding hydrogens is 366 g/mol. The number of carbonyl (C=O) groups is 3. The summed E-state index contributed by atoms with van der Waals surface area (Å²) in [6.07, 6.45) is 6.59. The Labute approximate surface area is 172 Å². The molecule has 6 nitrogen and oxygen atoms in total. The Bertz CT molecular complexity index is 773. The third kappa shape index (κ3) is 3.89. The van der Waals surface area contributed by atoms with Crippen molar-refractivity contribution in [2.45, 2.75) is 57.4 Å². The quantitative estimate of drug-likeness (QED) is 0.794. The summed E-state index contributed by atoms with van der Waals surface area (Å²) in [4.78, 5) is 41.3. The fraction of sp³-hybridized carbons (Fsp3) is 0.609. The van der Waals surface area contributed by atoms with Gasteiger partial charge in [0, 0.05) is 13.1 Å². The number of hydrogen-bond acceptors (Lipinski definition) is 3. The van der Waals surface area contributed by atoms with Crippen LogP contribution in [0.2, 0.25) is 0 Å². The van der Waals surface area contributed by atoms with Crippen LogP contribution in [0.3, 0.4) is 0 Å². The Morgan fingerprint density at radius 3 is 2.52 bits per heavy atom. The van der Waals surface area contributed by atoms with Crippen molar-refractivity contribution >= 4 is 17.8 Å². The summed E-state index contributed by atoms with van der Waals surface area (Å²) in [5.74, 6) is 0.361. The van der Waals surface area contributed by atoms with Gasteiger partial charge in [0.1, 0.15) is 12.1 Å². The molecule has 156 valence electrons. The third-order valence-corrected chi connectivity index (χ3v) is 7.13. The van der Waals surface area contributed by atoms with Gasteiger partial charge in [-0.3, -0.25) is 14.5 Å². The average Bonchev–Trinajstić information content (AvgIpc) is 2.96. The van der Waals surface area contributed by atoms with Crippen LogP contribution < -0.4 is 5.32 Å². The summed E-state index contributed by atoms with van der Waals surface area (Å²) in [6.45, 7) is 3.28. The van der Waals surface area contributed by atoms with Gasteiger partial charge < -0.3 is 10.2 Å². The molecule has 1 aromatic carbocycles. The number of amides is 4. The number of nitrogens with zero attached hydrogens (tertiary/aromatic N) is 2. The second kappa shape index (κ2) is 8.17. The van der Waals surface area contributed by atoms with Crippen molar-refractivity contribution < 1.29 is 14.4 Å². The Hall–Kier alpha value is -2.37. The molecule has 1 saturated carbocycles. The molecule has 1 spiro atoms. The predicted octanol–water partition coefficient (Wildman–Crippen LogP) is 2.97. The number of nitrogens with one attached hydrogen (secondary N) is 1.